The molecule has 2 heterocycles. The van der Waals surface area contributed by atoms with Crippen molar-refractivity contribution in [1.82, 2.24) is 4.90 Å². The van der Waals surface area contributed by atoms with Crippen LogP contribution in [0.3, 0.4) is 0 Å². The van der Waals surface area contributed by atoms with Crippen LogP contribution in [-0.4, -0.2) is 47.7 Å². The molecule has 1 aromatic rings. The van der Waals surface area contributed by atoms with E-state index in [4.69, 9.17) is 0 Å². The smallest absolute Gasteiger partial charge is 0.230 e. The quantitative estimate of drug-likeness (QED) is 0.903. The van der Waals surface area contributed by atoms with Crippen LogP contribution in [0, 0.1) is 5.92 Å². The van der Waals surface area contributed by atoms with Crippen molar-refractivity contribution >= 4 is 11.6 Å². The molecular formula is C20H30N2O2. The Morgan fingerprint density at radius 3 is 2.50 bits per heavy atom. The van der Waals surface area contributed by atoms with Gasteiger partial charge in [0.1, 0.15) is 0 Å². The predicted molar refractivity (Wildman–Crippen MR) is 97.2 cm³/mol. The maximum Gasteiger partial charge on any atom is 0.230 e. The Hall–Kier alpha value is -1.39. The first-order valence-corrected chi connectivity index (χ1v) is 9.40. The minimum Gasteiger partial charge on any atom is -0.389 e. The number of β-amino-alcohol motifs (C(OH)–C–C–N with tert-alkyl or cyclic N) is 1. The topological polar surface area (TPSA) is 43.8 Å². The van der Waals surface area contributed by atoms with Gasteiger partial charge in [0.05, 0.1) is 5.60 Å². The van der Waals surface area contributed by atoms with Crippen LogP contribution in [0.5, 0.6) is 0 Å². The van der Waals surface area contributed by atoms with Crippen LogP contribution in [0.1, 0.15) is 45.1 Å². The number of hydrogen-bond donors (Lipinski definition) is 1. The average molecular weight is 330 g/mol. The molecule has 0 aromatic heterocycles. The Kier molecular flexibility index (Phi) is 5.26. The molecule has 0 bridgehead atoms. The zero-order valence-electron chi connectivity index (χ0n) is 15.0. The highest BCUT2D eigenvalue weighted by Crippen LogP contribution is 2.31. The standard InChI is InChI=1S/C20H30N2O2/c1-3-20(24,4-2)15-21-12-9-17(10-13-21)19(23)22-14-11-16-7-5-6-8-18(16)22/h5-8,17,24H,3-4,9-15H2,1-2H3. The van der Waals surface area contributed by atoms with E-state index in [1.54, 1.807) is 0 Å². The number of anilines is 1. The molecule has 0 saturated carbocycles. The number of carbonyl (C=O) groups excluding carboxylic acids is 1. The van der Waals surface area contributed by atoms with Crippen LogP contribution < -0.4 is 4.90 Å². The van der Waals surface area contributed by atoms with Crippen molar-refractivity contribution in [3.63, 3.8) is 0 Å². The van der Waals surface area contributed by atoms with E-state index in [-0.39, 0.29) is 5.92 Å². The Bertz CT molecular complexity index is 575. The third-order valence-corrected chi connectivity index (χ3v) is 5.92. The van der Waals surface area contributed by atoms with Crippen molar-refractivity contribution in [3.05, 3.63) is 29.8 Å². The van der Waals surface area contributed by atoms with Gasteiger partial charge >= 0.3 is 0 Å². The molecule has 0 unspecified atom stereocenters. The van der Waals surface area contributed by atoms with Gasteiger partial charge in [-0.05, 0) is 56.8 Å². The molecule has 0 atom stereocenters. The highest BCUT2D eigenvalue weighted by atomic mass is 16.3. The third-order valence-electron chi connectivity index (χ3n) is 5.92. The molecule has 4 nitrogen and oxygen atoms in total. The molecule has 1 saturated heterocycles. The number of nitrogens with zero attached hydrogens (tertiary/aromatic N) is 2. The molecular weight excluding hydrogens is 300 g/mol. The molecule has 0 radical (unpaired) electrons. The summed E-state index contributed by atoms with van der Waals surface area (Å²) in [4.78, 5) is 17.2. The fraction of sp³-hybridized carbons (Fsp3) is 0.650. The fourth-order valence-electron chi connectivity index (χ4n) is 4.02. The number of hydrogen-bond acceptors (Lipinski definition) is 3. The van der Waals surface area contributed by atoms with Crippen molar-refractivity contribution in [1.29, 1.82) is 0 Å². The maximum atomic E-state index is 12.9. The van der Waals surface area contributed by atoms with E-state index >= 15 is 0 Å². The number of benzene rings is 1. The van der Waals surface area contributed by atoms with Crippen LogP contribution in [0.4, 0.5) is 5.69 Å². The largest absolute Gasteiger partial charge is 0.389 e. The SMILES string of the molecule is CCC(O)(CC)CN1CCC(C(=O)N2CCc3ccccc32)CC1. The van der Waals surface area contributed by atoms with E-state index in [0.29, 0.717) is 5.91 Å². The summed E-state index contributed by atoms with van der Waals surface area (Å²) in [6.07, 6.45) is 4.35. The number of carbonyl (C=O) groups is 1. The Morgan fingerprint density at radius 1 is 1.17 bits per heavy atom. The summed E-state index contributed by atoms with van der Waals surface area (Å²) in [5.74, 6) is 0.421. The Balaban J connectivity index is 1.57. The summed E-state index contributed by atoms with van der Waals surface area (Å²) in [6, 6.07) is 8.26. The number of piperidine rings is 1. The number of likely N-dealkylation sites (tertiary alicyclic amines) is 1. The molecule has 24 heavy (non-hydrogen) atoms. The lowest BCUT2D eigenvalue weighted by Gasteiger charge is -2.38. The lowest BCUT2D eigenvalue weighted by atomic mass is 9.92. The van der Waals surface area contributed by atoms with E-state index in [1.807, 2.05) is 30.9 Å². The predicted octanol–water partition coefficient (Wildman–Crippen LogP) is 2.84. The van der Waals surface area contributed by atoms with Gasteiger partial charge in [0.15, 0.2) is 0 Å². The van der Waals surface area contributed by atoms with Gasteiger partial charge in [-0.2, -0.15) is 0 Å². The lowest BCUT2D eigenvalue weighted by molar-refractivity contribution is -0.124. The molecule has 2 aliphatic rings. The number of fused-ring (bicyclic) bond motifs is 1. The fourth-order valence-corrected chi connectivity index (χ4v) is 4.02. The molecule has 1 fully saturated rings. The molecule has 3 rings (SSSR count). The van der Waals surface area contributed by atoms with Crippen molar-refractivity contribution in [2.24, 2.45) is 5.92 Å². The lowest BCUT2D eigenvalue weighted by Crippen LogP contribution is -2.47. The first-order chi connectivity index (χ1) is 11.6. The first kappa shape index (κ1) is 17.4. The van der Waals surface area contributed by atoms with Crippen LogP contribution in [0.15, 0.2) is 24.3 Å². The maximum absolute atomic E-state index is 12.9. The number of amides is 1. The van der Waals surface area contributed by atoms with Gasteiger partial charge in [-0.3, -0.25) is 4.79 Å². The van der Waals surface area contributed by atoms with Crippen LogP contribution in [0.25, 0.3) is 0 Å². The molecule has 2 aliphatic heterocycles. The van der Waals surface area contributed by atoms with Gasteiger partial charge in [0, 0.05) is 24.7 Å². The summed E-state index contributed by atoms with van der Waals surface area (Å²) < 4.78 is 0. The third kappa shape index (κ3) is 3.50. The second kappa shape index (κ2) is 7.24. The van der Waals surface area contributed by atoms with E-state index in [2.05, 4.69) is 17.0 Å². The van der Waals surface area contributed by atoms with E-state index in [9.17, 15) is 9.90 Å². The minimum atomic E-state index is -0.579. The number of rotatable bonds is 5. The van der Waals surface area contributed by atoms with E-state index < -0.39 is 5.60 Å². The normalized spacial score (nSPS) is 19.5. The molecule has 0 aliphatic carbocycles. The Morgan fingerprint density at radius 2 is 1.83 bits per heavy atom. The second-order valence-electron chi connectivity index (χ2n) is 7.35. The zero-order valence-corrected chi connectivity index (χ0v) is 15.0. The van der Waals surface area contributed by atoms with Gasteiger partial charge in [-0.15, -0.1) is 0 Å². The number of aliphatic hydroxyl groups is 1. The monoisotopic (exact) mass is 330 g/mol. The molecule has 1 amide bonds. The first-order valence-electron chi connectivity index (χ1n) is 9.40. The summed E-state index contributed by atoms with van der Waals surface area (Å²) >= 11 is 0. The van der Waals surface area contributed by atoms with Gasteiger partial charge in [0.25, 0.3) is 0 Å². The number of para-hydroxylation sites is 1. The van der Waals surface area contributed by atoms with E-state index in [0.717, 1.165) is 64.0 Å². The van der Waals surface area contributed by atoms with Crippen molar-refractivity contribution in [2.75, 3.05) is 31.1 Å². The summed E-state index contributed by atoms with van der Waals surface area (Å²) in [5, 5.41) is 10.5. The highest BCUT2D eigenvalue weighted by molar-refractivity contribution is 5.97. The molecule has 4 heteroatoms. The summed E-state index contributed by atoms with van der Waals surface area (Å²) in [7, 11) is 0. The Labute approximate surface area is 145 Å². The summed E-state index contributed by atoms with van der Waals surface area (Å²) in [5.41, 5.74) is 1.82. The summed E-state index contributed by atoms with van der Waals surface area (Å²) in [6.45, 7) is 7.47. The molecule has 0 spiro atoms. The second-order valence-corrected chi connectivity index (χ2v) is 7.35. The van der Waals surface area contributed by atoms with Gasteiger partial charge in [-0.1, -0.05) is 32.0 Å². The molecule has 1 aromatic carbocycles. The average Bonchev–Trinajstić information content (AvgIpc) is 3.06. The van der Waals surface area contributed by atoms with Crippen LogP contribution >= 0.6 is 0 Å². The van der Waals surface area contributed by atoms with Crippen molar-refractivity contribution < 1.29 is 9.90 Å². The van der Waals surface area contributed by atoms with Crippen molar-refractivity contribution in [2.45, 2.75) is 51.6 Å². The zero-order chi connectivity index (χ0) is 17.2. The van der Waals surface area contributed by atoms with E-state index in [1.165, 1.54) is 5.56 Å². The van der Waals surface area contributed by atoms with Crippen molar-refractivity contribution in [3.8, 4) is 0 Å². The minimum absolute atomic E-state index is 0.128. The molecule has 1 N–H and O–H groups in total. The highest BCUT2D eigenvalue weighted by Gasteiger charge is 2.34. The van der Waals surface area contributed by atoms with Gasteiger partial charge in [-0.25, -0.2) is 0 Å². The molecule has 132 valence electrons. The van der Waals surface area contributed by atoms with Gasteiger partial charge < -0.3 is 14.9 Å². The van der Waals surface area contributed by atoms with Gasteiger partial charge in [0.2, 0.25) is 5.91 Å². The van der Waals surface area contributed by atoms with Crippen LogP contribution in [-0.2, 0) is 11.2 Å². The van der Waals surface area contributed by atoms with Crippen LogP contribution in [0.2, 0.25) is 0 Å².